The lowest BCUT2D eigenvalue weighted by atomic mass is 9.93. The molecule has 64 valence electrons. The van der Waals surface area contributed by atoms with Crippen LogP contribution in [0.25, 0.3) is 0 Å². The molecule has 1 rings (SSSR count). The lowest BCUT2D eigenvalue weighted by Crippen LogP contribution is -2.42. The van der Waals surface area contributed by atoms with E-state index in [1.165, 1.54) is 0 Å². The van der Waals surface area contributed by atoms with Gasteiger partial charge in [0, 0.05) is 6.04 Å². The lowest BCUT2D eigenvalue weighted by molar-refractivity contribution is 0.114. The maximum Gasteiger partial charge on any atom is 0.312 e. The molecule has 0 heterocycles. The predicted octanol–water partition coefficient (Wildman–Crippen LogP) is -0.0418. The molecule has 0 aromatic heterocycles. The van der Waals surface area contributed by atoms with Gasteiger partial charge in [0.1, 0.15) is 0 Å². The average Bonchev–Trinajstić information content (AvgIpc) is 1.85. The van der Waals surface area contributed by atoms with Gasteiger partial charge in [0.25, 0.3) is 0 Å². The standard InChI is InChI=1S/C7H14N2O2/c8-7(11)9-5-2-1-3-6(10)4-5/h5-6,10H,1-4H2,(H3,8,9,11). The molecule has 0 aromatic rings. The highest BCUT2D eigenvalue weighted by molar-refractivity contribution is 5.71. The second kappa shape index (κ2) is 3.57. The molecule has 1 aliphatic carbocycles. The molecule has 1 aliphatic rings. The summed E-state index contributed by atoms with van der Waals surface area (Å²) < 4.78 is 0. The fourth-order valence-corrected chi connectivity index (χ4v) is 1.50. The molecule has 2 unspecified atom stereocenters. The van der Waals surface area contributed by atoms with Crippen LogP contribution in [0.15, 0.2) is 0 Å². The molecular formula is C7H14N2O2. The van der Waals surface area contributed by atoms with E-state index < -0.39 is 6.03 Å². The van der Waals surface area contributed by atoms with E-state index in [2.05, 4.69) is 5.32 Å². The zero-order chi connectivity index (χ0) is 8.27. The SMILES string of the molecule is NC(=O)NC1CCCC(O)C1. The molecule has 0 spiro atoms. The summed E-state index contributed by atoms with van der Waals surface area (Å²) in [5.74, 6) is 0. The van der Waals surface area contributed by atoms with Crippen molar-refractivity contribution in [3.8, 4) is 0 Å². The number of nitrogens with one attached hydrogen (secondary N) is 1. The van der Waals surface area contributed by atoms with E-state index in [1.807, 2.05) is 0 Å². The Kier molecular flexibility index (Phi) is 2.70. The first kappa shape index (κ1) is 8.33. The first-order valence-corrected chi connectivity index (χ1v) is 3.92. The van der Waals surface area contributed by atoms with Crippen molar-refractivity contribution in [2.75, 3.05) is 0 Å². The van der Waals surface area contributed by atoms with Crippen molar-refractivity contribution < 1.29 is 9.90 Å². The zero-order valence-electron chi connectivity index (χ0n) is 6.42. The minimum Gasteiger partial charge on any atom is -0.393 e. The van der Waals surface area contributed by atoms with Crippen LogP contribution in [-0.2, 0) is 0 Å². The molecule has 2 amide bonds. The summed E-state index contributed by atoms with van der Waals surface area (Å²) in [4.78, 5) is 10.4. The Morgan fingerprint density at radius 2 is 2.27 bits per heavy atom. The van der Waals surface area contributed by atoms with Gasteiger partial charge in [0.2, 0.25) is 0 Å². The monoisotopic (exact) mass is 158 g/mol. The number of hydrogen-bond donors (Lipinski definition) is 3. The Morgan fingerprint density at radius 1 is 1.55 bits per heavy atom. The summed E-state index contributed by atoms with van der Waals surface area (Å²) >= 11 is 0. The van der Waals surface area contributed by atoms with Gasteiger partial charge in [0.05, 0.1) is 6.10 Å². The summed E-state index contributed by atoms with van der Waals surface area (Å²) in [5.41, 5.74) is 4.94. The van der Waals surface area contributed by atoms with Gasteiger partial charge >= 0.3 is 6.03 Å². The molecule has 4 N–H and O–H groups in total. The molecule has 1 fully saturated rings. The number of aliphatic hydroxyl groups excluding tert-OH is 1. The minimum atomic E-state index is -0.496. The topological polar surface area (TPSA) is 75.4 Å². The maximum absolute atomic E-state index is 10.4. The molecule has 0 aromatic carbocycles. The van der Waals surface area contributed by atoms with E-state index in [0.29, 0.717) is 6.42 Å². The van der Waals surface area contributed by atoms with Gasteiger partial charge in [-0.3, -0.25) is 0 Å². The summed E-state index contributed by atoms with van der Waals surface area (Å²) in [7, 11) is 0. The number of rotatable bonds is 1. The summed E-state index contributed by atoms with van der Waals surface area (Å²) in [6.45, 7) is 0. The smallest absolute Gasteiger partial charge is 0.312 e. The Hall–Kier alpha value is -0.770. The average molecular weight is 158 g/mol. The number of carbonyl (C=O) groups excluding carboxylic acids is 1. The molecule has 2 atom stereocenters. The van der Waals surface area contributed by atoms with Gasteiger partial charge < -0.3 is 16.2 Å². The summed E-state index contributed by atoms with van der Waals surface area (Å²) in [5, 5.41) is 11.8. The molecule has 1 saturated carbocycles. The fourth-order valence-electron chi connectivity index (χ4n) is 1.50. The number of primary amides is 1. The quantitative estimate of drug-likeness (QED) is 0.500. The summed E-state index contributed by atoms with van der Waals surface area (Å²) in [6.07, 6.45) is 3.12. The van der Waals surface area contributed by atoms with Crippen LogP contribution in [-0.4, -0.2) is 23.3 Å². The predicted molar refractivity (Wildman–Crippen MR) is 41.0 cm³/mol. The fraction of sp³-hybridized carbons (Fsp3) is 0.857. The van der Waals surface area contributed by atoms with Crippen LogP contribution in [0, 0.1) is 0 Å². The van der Waals surface area contributed by atoms with Crippen LogP contribution < -0.4 is 11.1 Å². The number of aliphatic hydroxyl groups is 1. The van der Waals surface area contributed by atoms with Crippen LogP contribution in [0.5, 0.6) is 0 Å². The van der Waals surface area contributed by atoms with E-state index in [1.54, 1.807) is 0 Å². The molecule has 11 heavy (non-hydrogen) atoms. The third-order valence-corrected chi connectivity index (χ3v) is 1.99. The van der Waals surface area contributed by atoms with Crippen molar-refractivity contribution in [1.29, 1.82) is 0 Å². The maximum atomic E-state index is 10.4. The molecule has 4 heteroatoms. The molecule has 0 bridgehead atoms. The second-order valence-electron chi connectivity index (χ2n) is 3.03. The highest BCUT2D eigenvalue weighted by atomic mass is 16.3. The van der Waals surface area contributed by atoms with Gasteiger partial charge in [-0.1, -0.05) is 0 Å². The van der Waals surface area contributed by atoms with Crippen molar-refractivity contribution in [1.82, 2.24) is 5.32 Å². The van der Waals surface area contributed by atoms with Gasteiger partial charge in [-0.05, 0) is 25.7 Å². The molecule has 0 aliphatic heterocycles. The summed E-state index contributed by atoms with van der Waals surface area (Å²) in [6, 6.07) is -0.416. The van der Waals surface area contributed by atoms with Crippen LogP contribution >= 0.6 is 0 Å². The molecule has 4 nitrogen and oxygen atoms in total. The van der Waals surface area contributed by atoms with Crippen molar-refractivity contribution >= 4 is 6.03 Å². The first-order valence-electron chi connectivity index (χ1n) is 3.92. The van der Waals surface area contributed by atoms with Crippen molar-refractivity contribution in [3.63, 3.8) is 0 Å². The van der Waals surface area contributed by atoms with Crippen molar-refractivity contribution in [2.45, 2.75) is 37.8 Å². The van der Waals surface area contributed by atoms with E-state index >= 15 is 0 Å². The van der Waals surface area contributed by atoms with Gasteiger partial charge in [-0.25, -0.2) is 4.79 Å². The normalized spacial score (nSPS) is 31.4. The Balaban J connectivity index is 2.28. The van der Waals surface area contributed by atoms with Crippen LogP contribution in [0.2, 0.25) is 0 Å². The Labute approximate surface area is 65.8 Å². The Morgan fingerprint density at radius 3 is 2.82 bits per heavy atom. The van der Waals surface area contributed by atoms with E-state index in [0.717, 1.165) is 19.3 Å². The largest absolute Gasteiger partial charge is 0.393 e. The van der Waals surface area contributed by atoms with E-state index in [-0.39, 0.29) is 12.1 Å². The van der Waals surface area contributed by atoms with Crippen LogP contribution in [0.3, 0.4) is 0 Å². The van der Waals surface area contributed by atoms with Gasteiger partial charge in [-0.2, -0.15) is 0 Å². The van der Waals surface area contributed by atoms with Gasteiger partial charge in [-0.15, -0.1) is 0 Å². The van der Waals surface area contributed by atoms with Crippen molar-refractivity contribution in [2.24, 2.45) is 5.73 Å². The Bertz CT molecular complexity index is 149. The minimum absolute atomic E-state index is 0.0799. The third-order valence-electron chi connectivity index (χ3n) is 1.99. The lowest BCUT2D eigenvalue weighted by Gasteiger charge is -2.25. The van der Waals surface area contributed by atoms with Crippen molar-refractivity contribution in [3.05, 3.63) is 0 Å². The number of carbonyl (C=O) groups is 1. The van der Waals surface area contributed by atoms with E-state index in [4.69, 9.17) is 5.73 Å². The molecule has 0 radical (unpaired) electrons. The first-order chi connectivity index (χ1) is 5.18. The highest BCUT2D eigenvalue weighted by Crippen LogP contribution is 2.17. The van der Waals surface area contributed by atoms with E-state index in [9.17, 15) is 9.90 Å². The van der Waals surface area contributed by atoms with Crippen LogP contribution in [0.4, 0.5) is 4.79 Å². The third kappa shape index (κ3) is 2.76. The zero-order valence-corrected chi connectivity index (χ0v) is 6.42. The highest BCUT2D eigenvalue weighted by Gasteiger charge is 2.20. The number of urea groups is 1. The van der Waals surface area contributed by atoms with Gasteiger partial charge in [0.15, 0.2) is 0 Å². The molecule has 0 saturated heterocycles. The number of nitrogens with two attached hydrogens (primary N) is 1. The molecular weight excluding hydrogens is 144 g/mol. The number of hydrogen-bond acceptors (Lipinski definition) is 2. The number of amides is 2. The van der Waals surface area contributed by atoms with Crippen LogP contribution in [0.1, 0.15) is 25.7 Å². The second-order valence-corrected chi connectivity index (χ2v) is 3.03.